The van der Waals surface area contributed by atoms with E-state index in [0.717, 1.165) is 12.8 Å². The summed E-state index contributed by atoms with van der Waals surface area (Å²) < 4.78 is 11.2. The lowest BCUT2D eigenvalue weighted by atomic mass is 9.80. The first-order valence-electron chi connectivity index (χ1n) is 8.71. The maximum absolute atomic E-state index is 10.2. The van der Waals surface area contributed by atoms with Crippen molar-refractivity contribution in [1.29, 1.82) is 0 Å². The molecule has 0 amide bonds. The molecule has 2 saturated carbocycles. The van der Waals surface area contributed by atoms with Crippen molar-refractivity contribution in [2.45, 2.75) is 76.1 Å². The molecule has 5 unspecified atom stereocenters. The van der Waals surface area contributed by atoms with Crippen molar-refractivity contribution in [1.82, 2.24) is 0 Å². The summed E-state index contributed by atoms with van der Waals surface area (Å²) in [7, 11) is 4.80. The largest absolute Gasteiger partial charge is 0.396 e. The molecule has 0 saturated heterocycles. The minimum absolute atomic E-state index is 0.0769. The molecule has 0 aromatic heterocycles. The molecule has 0 aliphatic heterocycles. The highest BCUT2D eigenvalue weighted by atomic mass is 31.0. The van der Waals surface area contributed by atoms with Gasteiger partial charge in [-0.25, -0.2) is 0 Å². The average Bonchev–Trinajstić information content (AvgIpc) is 2.85. The van der Waals surface area contributed by atoms with Crippen LogP contribution in [-0.4, -0.2) is 35.1 Å². The zero-order valence-corrected chi connectivity index (χ0v) is 15.7. The van der Waals surface area contributed by atoms with Crippen molar-refractivity contribution in [2.75, 3.05) is 6.61 Å². The maximum atomic E-state index is 10.2. The minimum Gasteiger partial charge on any atom is -0.396 e. The number of hydrogen-bond acceptors (Lipinski definition) is 4. The Bertz CT molecular complexity index is 313. The Hall–Kier alpha value is 0.700. The van der Waals surface area contributed by atoms with Crippen LogP contribution in [0, 0.1) is 17.8 Å². The molecule has 0 heterocycles. The molecule has 2 fully saturated rings. The second-order valence-electron chi connectivity index (χ2n) is 6.97. The third kappa shape index (κ3) is 4.85. The van der Waals surface area contributed by atoms with Crippen molar-refractivity contribution >= 4 is 18.9 Å². The first kappa shape index (κ1) is 19.0. The molecular formula is C16H32O4P2. The highest BCUT2D eigenvalue weighted by Crippen LogP contribution is 2.41. The predicted molar refractivity (Wildman–Crippen MR) is 94.3 cm³/mol. The molecule has 0 aromatic rings. The lowest BCUT2D eigenvalue weighted by molar-refractivity contribution is 0.0741. The van der Waals surface area contributed by atoms with Crippen LogP contribution in [-0.2, 0) is 9.05 Å². The molecule has 0 bridgehead atoms. The van der Waals surface area contributed by atoms with Crippen LogP contribution < -0.4 is 0 Å². The standard InChI is InChI=1S/C16H32O4P2/c17-9-8-12-13(16(20-22)10-14(12)18)6-7-15(19-21)11-4-2-1-3-5-11/h11-18H,1-10,21-22H2/t12-,13-,14?,15?,16?/m1/s1. The summed E-state index contributed by atoms with van der Waals surface area (Å²) >= 11 is 0. The van der Waals surface area contributed by atoms with E-state index in [9.17, 15) is 10.2 Å². The van der Waals surface area contributed by atoms with Crippen LogP contribution in [0.25, 0.3) is 0 Å². The van der Waals surface area contributed by atoms with Crippen molar-refractivity contribution in [3.05, 3.63) is 0 Å². The van der Waals surface area contributed by atoms with E-state index in [1.165, 1.54) is 32.1 Å². The summed E-state index contributed by atoms with van der Waals surface area (Å²) in [6.07, 6.45) is 9.91. The normalized spacial score (nSPS) is 34.9. The van der Waals surface area contributed by atoms with Crippen molar-refractivity contribution in [3.63, 3.8) is 0 Å². The Kier molecular flexibility index (Phi) is 8.53. The van der Waals surface area contributed by atoms with E-state index in [-0.39, 0.29) is 24.7 Å². The first-order valence-corrected chi connectivity index (χ1v) is 9.65. The van der Waals surface area contributed by atoms with Gasteiger partial charge in [0.05, 0.1) is 18.3 Å². The van der Waals surface area contributed by atoms with Gasteiger partial charge < -0.3 is 19.3 Å². The second-order valence-corrected chi connectivity index (χ2v) is 7.51. The fraction of sp³-hybridized carbons (Fsp3) is 1.00. The summed E-state index contributed by atoms with van der Waals surface area (Å²) in [6.45, 7) is 0.133. The summed E-state index contributed by atoms with van der Waals surface area (Å²) in [4.78, 5) is 0. The highest BCUT2D eigenvalue weighted by Gasteiger charge is 2.42. The van der Waals surface area contributed by atoms with Gasteiger partial charge in [-0.2, -0.15) is 0 Å². The monoisotopic (exact) mass is 350 g/mol. The molecule has 4 nitrogen and oxygen atoms in total. The zero-order chi connectivity index (χ0) is 15.9. The molecular weight excluding hydrogens is 318 g/mol. The van der Waals surface area contributed by atoms with Gasteiger partial charge in [0, 0.05) is 32.0 Å². The molecule has 2 aliphatic carbocycles. The SMILES string of the molecule is OCC[C@H]1C(O)CC(OP)[C@@H]1CCC(OP)C1CCCCC1. The quantitative estimate of drug-likeness (QED) is 0.661. The van der Waals surface area contributed by atoms with Crippen LogP contribution in [0.4, 0.5) is 0 Å². The van der Waals surface area contributed by atoms with Gasteiger partial charge in [0.25, 0.3) is 0 Å². The number of hydrogen-bond donors (Lipinski definition) is 2. The Balaban J connectivity index is 1.90. The van der Waals surface area contributed by atoms with Gasteiger partial charge in [0.2, 0.25) is 0 Å². The molecule has 130 valence electrons. The lowest BCUT2D eigenvalue weighted by Gasteiger charge is -2.31. The van der Waals surface area contributed by atoms with E-state index >= 15 is 0 Å². The minimum atomic E-state index is -0.354. The number of aliphatic hydroxyl groups excluding tert-OH is 2. The Labute approximate surface area is 139 Å². The molecule has 2 rings (SSSR count). The van der Waals surface area contributed by atoms with Gasteiger partial charge in [-0.3, -0.25) is 0 Å². The molecule has 6 heteroatoms. The number of aliphatic hydroxyl groups is 2. The maximum Gasteiger partial charge on any atom is 0.0667 e. The van der Waals surface area contributed by atoms with E-state index < -0.39 is 0 Å². The van der Waals surface area contributed by atoms with Crippen molar-refractivity contribution < 1.29 is 19.3 Å². The van der Waals surface area contributed by atoms with E-state index in [1.807, 2.05) is 0 Å². The predicted octanol–water partition coefficient (Wildman–Crippen LogP) is 3.08. The summed E-state index contributed by atoms with van der Waals surface area (Å²) in [5.74, 6) is 1.13. The first-order chi connectivity index (χ1) is 10.7. The van der Waals surface area contributed by atoms with E-state index in [0.29, 0.717) is 30.8 Å². The third-order valence-electron chi connectivity index (χ3n) is 5.77. The van der Waals surface area contributed by atoms with Gasteiger partial charge in [0.15, 0.2) is 0 Å². The Morgan fingerprint density at radius 1 is 1.05 bits per heavy atom. The lowest BCUT2D eigenvalue weighted by Crippen LogP contribution is -2.28. The summed E-state index contributed by atoms with van der Waals surface area (Å²) in [6, 6.07) is 0. The van der Waals surface area contributed by atoms with E-state index in [4.69, 9.17) is 9.05 Å². The fourth-order valence-corrected chi connectivity index (χ4v) is 5.21. The molecule has 7 atom stereocenters. The van der Waals surface area contributed by atoms with Gasteiger partial charge in [0.1, 0.15) is 0 Å². The van der Waals surface area contributed by atoms with Gasteiger partial charge in [-0.05, 0) is 49.9 Å². The third-order valence-corrected chi connectivity index (χ3v) is 6.47. The fourth-order valence-electron chi connectivity index (χ4n) is 4.54. The van der Waals surface area contributed by atoms with Crippen LogP contribution in [0.1, 0.15) is 57.8 Å². The van der Waals surface area contributed by atoms with Crippen LogP contribution >= 0.6 is 18.9 Å². The van der Waals surface area contributed by atoms with E-state index in [1.54, 1.807) is 0 Å². The summed E-state index contributed by atoms with van der Waals surface area (Å²) in [5, 5.41) is 19.5. The number of rotatable bonds is 8. The van der Waals surface area contributed by atoms with Gasteiger partial charge in [-0.15, -0.1) is 0 Å². The average molecular weight is 350 g/mol. The van der Waals surface area contributed by atoms with Crippen molar-refractivity contribution in [3.8, 4) is 0 Å². The smallest absolute Gasteiger partial charge is 0.0667 e. The van der Waals surface area contributed by atoms with Crippen molar-refractivity contribution in [2.24, 2.45) is 17.8 Å². The summed E-state index contributed by atoms with van der Waals surface area (Å²) in [5.41, 5.74) is 0. The van der Waals surface area contributed by atoms with Crippen LogP contribution in [0.2, 0.25) is 0 Å². The molecule has 0 radical (unpaired) electrons. The van der Waals surface area contributed by atoms with Crippen LogP contribution in [0.15, 0.2) is 0 Å². The van der Waals surface area contributed by atoms with Crippen LogP contribution in [0.3, 0.4) is 0 Å². The Morgan fingerprint density at radius 3 is 2.36 bits per heavy atom. The zero-order valence-electron chi connectivity index (χ0n) is 13.4. The van der Waals surface area contributed by atoms with Crippen LogP contribution in [0.5, 0.6) is 0 Å². The topological polar surface area (TPSA) is 58.9 Å². The molecule has 22 heavy (non-hydrogen) atoms. The van der Waals surface area contributed by atoms with Gasteiger partial charge in [-0.1, -0.05) is 19.3 Å². The Morgan fingerprint density at radius 2 is 1.77 bits per heavy atom. The second kappa shape index (κ2) is 9.87. The molecule has 0 spiro atoms. The molecule has 2 aliphatic rings. The molecule has 2 N–H and O–H groups in total. The highest BCUT2D eigenvalue weighted by molar-refractivity contribution is 7.10. The molecule has 0 aromatic carbocycles. The van der Waals surface area contributed by atoms with Gasteiger partial charge >= 0.3 is 0 Å². The van der Waals surface area contributed by atoms with E-state index in [2.05, 4.69) is 18.9 Å².